The van der Waals surface area contributed by atoms with Gasteiger partial charge >= 0.3 is 12.1 Å². The first-order valence-electron chi connectivity index (χ1n) is 8.12. The minimum absolute atomic E-state index is 0.0466. The normalized spacial score (nSPS) is 12.1. The molecule has 0 fully saturated rings. The van der Waals surface area contributed by atoms with Gasteiger partial charge in [0.05, 0.1) is 12.7 Å². The zero-order valence-electron chi connectivity index (χ0n) is 15.2. The van der Waals surface area contributed by atoms with E-state index in [0.29, 0.717) is 5.75 Å². The monoisotopic (exact) mass is 408 g/mol. The molecule has 0 bridgehead atoms. The Morgan fingerprint density at radius 3 is 2.39 bits per heavy atom. The van der Waals surface area contributed by atoms with Crippen molar-refractivity contribution in [3.8, 4) is 11.5 Å². The molecule has 0 saturated carbocycles. The number of benzene rings is 2. The number of nitrogens with one attached hydrogen (secondary N) is 1. The van der Waals surface area contributed by atoms with Crippen LogP contribution in [0.15, 0.2) is 47.4 Å². The summed E-state index contributed by atoms with van der Waals surface area (Å²) >= 11 is 0. The molecule has 1 amide bonds. The fourth-order valence-electron chi connectivity index (χ4n) is 2.46. The van der Waals surface area contributed by atoms with Crippen molar-refractivity contribution in [3.63, 3.8) is 0 Å². The maximum absolute atomic E-state index is 12.1. The molecule has 150 valence electrons. The largest absolute Gasteiger partial charge is 0.478 e. The standard InChI is InChI=1S/C18H20N2O7S/c1-11(10-20-18(23)26-2)14-8-12(17(21)22)9-15(28(19,24)25)16(14)27-13-6-4-3-5-7-13/h3-9,11H,10H2,1-2H3,(H,20,23)(H,21,22)(H2,19,24,25). The van der Waals surface area contributed by atoms with Crippen LogP contribution in [-0.2, 0) is 14.8 Å². The van der Waals surface area contributed by atoms with E-state index in [4.69, 9.17) is 9.88 Å². The Labute approximate surface area is 162 Å². The number of nitrogens with two attached hydrogens (primary N) is 1. The number of carboxylic acid groups (broad SMARTS) is 1. The molecule has 0 aromatic heterocycles. The molecule has 0 heterocycles. The molecule has 0 aliphatic carbocycles. The van der Waals surface area contributed by atoms with Gasteiger partial charge in [0.15, 0.2) is 5.75 Å². The molecule has 0 aliphatic heterocycles. The lowest BCUT2D eigenvalue weighted by Crippen LogP contribution is -2.27. The second-order valence-electron chi connectivity index (χ2n) is 5.93. The summed E-state index contributed by atoms with van der Waals surface area (Å²) in [5.74, 6) is -1.61. The third kappa shape index (κ3) is 5.21. The molecule has 2 aromatic carbocycles. The maximum atomic E-state index is 12.1. The van der Waals surface area contributed by atoms with Crippen molar-refractivity contribution >= 4 is 22.1 Å². The third-order valence-electron chi connectivity index (χ3n) is 3.87. The summed E-state index contributed by atoms with van der Waals surface area (Å²) < 4.78 is 34.5. The molecule has 0 radical (unpaired) electrons. The van der Waals surface area contributed by atoms with Crippen molar-refractivity contribution in [1.29, 1.82) is 0 Å². The Morgan fingerprint density at radius 1 is 1.21 bits per heavy atom. The Kier molecular flexibility index (Phi) is 6.60. The number of para-hydroxylation sites is 1. The summed E-state index contributed by atoms with van der Waals surface area (Å²) in [6.45, 7) is 1.71. The van der Waals surface area contributed by atoms with E-state index in [-0.39, 0.29) is 23.4 Å². The van der Waals surface area contributed by atoms with Crippen LogP contribution >= 0.6 is 0 Å². The molecule has 28 heavy (non-hydrogen) atoms. The van der Waals surface area contributed by atoms with E-state index in [0.717, 1.165) is 6.07 Å². The minimum Gasteiger partial charge on any atom is -0.478 e. The molecule has 2 aromatic rings. The number of carbonyl (C=O) groups is 2. The average molecular weight is 408 g/mol. The summed E-state index contributed by atoms with van der Waals surface area (Å²) in [5, 5.41) is 17.1. The molecule has 9 nitrogen and oxygen atoms in total. The van der Waals surface area contributed by atoms with Gasteiger partial charge in [0.2, 0.25) is 10.0 Å². The lowest BCUT2D eigenvalue weighted by atomic mass is 9.97. The molecular formula is C18H20N2O7S. The van der Waals surface area contributed by atoms with Gasteiger partial charge in [-0.2, -0.15) is 0 Å². The fourth-order valence-corrected chi connectivity index (χ4v) is 3.17. The second-order valence-corrected chi connectivity index (χ2v) is 7.46. The van der Waals surface area contributed by atoms with Gasteiger partial charge in [-0.05, 0) is 24.3 Å². The van der Waals surface area contributed by atoms with E-state index in [1.54, 1.807) is 37.3 Å². The predicted octanol–water partition coefficient (Wildman–Crippen LogP) is 2.28. The van der Waals surface area contributed by atoms with Gasteiger partial charge < -0.3 is 19.9 Å². The van der Waals surface area contributed by atoms with Crippen LogP contribution in [0.4, 0.5) is 4.79 Å². The molecule has 0 spiro atoms. The van der Waals surface area contributed by atoms with Gasteiger partial charge in [-0.3, -0.25) is 0 Å². The SMILES string of the molecule is COC(=O)NCC(C)c1cc(C(=O)O)cc(S(N)(=O)=O)c1Oc1ccccc1. The second kappa shape index (κ2) is 8.72. The molecule has 0 aliphatic rings. The highest BCUT2D eigenvalue weighted by atomic mass is 32.2. The Hall–Kier alpha value is -3.11. The lowest BCUT2D eigenvalue weighted by molar-refractivity contribution is 0.0696. The topological polar surface area (TPSA) is 145 Å². The van der Waals surface area contributed by atoms with Crippen LogP contribution < -0.4 is 15.2 Å². The van der Waals surface area contributed by atoms with E-state index in [1.807, 2.05) is 0 Å². The summed E-state index contributed by atoms with van der Waals surface area (Å²) in [4.78, 5) is 22.4. The average Bonchev–Trinajstić information content (AvgIpc) is 2.65. The molecule has 1 unspecified atom stereocenters. The van der Waals surface area contributed by atoms with Crippen molar-refractivity contribution in [3.05, 3.63) is 53.6 Å². The van der Waals surface area contributed by atoms with Gasteiger partial charge in [-0.1, -0.05) is 25.1 Å². The van der Waals surface area contributed by atoms with Crippen molar-refractivity contribution in [2.45, 2.75) is 17.7 Å². The van der Waals surface area contributed by atoms with Crippen molar-refractivity contribution in [2.24, 2.45) is 5.14 Å². The number of carbonyl (C=O) groups excluding carboxylic acids is 1. The van der Waals surface area contributed by atoms with Crippen LogP contribution in [0.25, 0.3) is 0 Å². The number of hydrogen-bond acceptors (Lipinski definition) is 6. The first-order chi connectivity index (χ1) is 13.1. The number of primary sulfonamides is 1. The van der Waals surface area contributed by atoms with Crippen molar-refractivity contribution in [2.75, 3.05) is 13.7 Å². The number of methoxy groups -OCH3 is 1. The fraction of sp³-hybridized carbons (Fsp3) is 0.222. The summed E-state index contributed by atoms with van der Waals surface area (Å²) in [7, 11) is -3.10. The first-order valence-corrected chi connectivity index (χ1v) is 9.67. The van der Waals surface area contributed by atoms with Crippen molar-refractivity contribution in [1.82, 2.24) is 5.32 Å². The summed E-state index contributed by atoms with van der Waals surface area (Å²) in [6, 6.07) is 10.6. The van der Waals surface area contributed by atoms with E-state index < -0.39 is 32.9 Å². The maximum Gasteiger partial charge on any atom is 0.406 e. The first kappa shape index (κ1) is 21.2. The number of amides is 1. The predicted molar refractivity (Wildman–Crippen MR) is 100 cm³/mol. The highest BCUT2D eigenvalue weighted by Gasteiger charge is 2.26. The molecule has 0 saturated heterocycles. The number of aromatic carboxylic acids is 1. The number of sulfonamides is 1. The van der Waals surface area contributed by atoms with E-state index >= 15 is 0 Å². The van der Waals surface area contributed by atoms with Crippen molar-refractivity contribution < 1.29 is 32.6 Å². The summed E-state index contributed by atoms with van der Waals surface area (Å²) in [6.07, 6.45) is -0.682. The zero-order valence-corrected chi connectivity index (χ0v) is 16.0. The van der Waals surface area contributed by atoms with Crippen LogP contribution in [0, 0.1) is 0 Å². The van der Waals surface area contributed by atoms with Gasteiger partial charge in [-0.15, -0.1) is 0 Å². The zero-order chi connectivity index (χ0) is 20.9. The molecule has 10 heteroatoms. The number of alkyl carbamates (subject to hydrolysis) is 1. The van der Waals surface area contributed by atoms with E-state index in [1.165, 1.54) is 13.2 Å². The number of carboxylic acids is 1. The van der Waals surface area contributed by atoms with Crippen LogP contribution in [0.5, 0.6) is 11.5 Å². The smallest absolute Gasteiger partial charge is 0.406 e. The van der Waals surface area contributed by atoms with Gasteiger partial charge in [0.1, 0.15) is 10.6 Å². The molecule has 2 rings (SSSR count). The Morgan fingerprint density at radius 2 is 1.86 bits per heavy atom. The molecule has 1 atom stereocenters. The lowest BCUT2D eigenvalue weighted by Gasteiger charge is -2.20. The number of hydrogen-bond donors (Lipinski definition) is 3. The molecular weight excluding hydrogens is 388 g/mol. The van der Waals surface area contributed by atoms with Crippen LogP contribution in [0.2, 0.25) is 0 Å². The van der Waals surface area contributed by atoms with Crippen LogP contribution in [0.1, 0.15) is 28.8 Å². The van der Waals surface area contributed by atoms with Crippen LogP contribution in [0.3, 0.4) is 0 Å². The number of ether oxygens (including phenoxy) is 2. The Balaban J connectivity index is 2.62. The van der Waals surface area contributed by atoms with E-state index in [2.05, 4.69) is 10.1 Å². The van der Waals surface area contributed by atoms with Gasteiger partial charge in [-0.25, -0.2) is 23.1 Å². The quantitative estimate of drug-likeness (QED) is 0.637. The highest BCUT2D eigenvalue weighted by Crippen LogP contribution is 2.37. The van der Waals surface area contributed by atoms with E-state index in [9.17, 15) is 23.1 Å². The van der Waals surface area contributed by atoms with Gasteiger partial charge in [0.25, 0.3) is 0 Å². The van der Waals surface area contributed by atoms with Crippen LogP contribution in [-0.4, -0.2) is 39.2 Å². The molecule has 4 N–H and O–H groups in total. The summed E-state index contributed by atoms with van der Waals surface area (Å²) in [5.41, 5.74) is -0.0199. The Bertz CT molecular complexity index is 975. The minimum atomic E-state index is -4.30. The third-order valence-corrected chi connectivity index (χ3v) is 4.79. The number of rotatable bonds is 7. The van der Waals surface area contributed by atoms with Gasteiger partial charge in [0, 0.05) is 18.0 Å². The highest BCUT2D eigenvalue weighted by molar-refractivity contribution is 7.89.